The molecule has 1 fully saturated rings. The van der Waals surface area contributed by atoms with Crippen LogP contribution in [0.1, 0.15) is 39.0 Å². The van der Waals surface area contributed by atoms with Gasteiger partial charge >= 0.3 is 13.3 Å². The van der Waals surface area contributed by atoms with Crippen LogP contribution < -0.4 is 0 Å². The third-order valence-electron chi connectivity index (χ3n) is 4.81. The lowest BCUT2D eigenvalue weighted by molar-refractivity contribution is -0.140. The Kier molecular flexibility index (Phi) is 4.24. The van der Waals surface area contributed by atoms with E-state index in [0.29, 0.717) is 11.9 Å². The molecule has 1 aliphatic rings. The molecule has 3 rings (SSSR count). The molecule has 0 bridgehead atoms. The summed E-state index contributed by atoms with van der Waals surface area (Å²) < 4.78 is 49.8. The predicted molar refractivity (Wildman–Crippen MR) is 88.8 cm³/mol. The fourth-order valence-electron chi connectivity index (χ4n) is 2.65. The quantitative estimate of drug-likeness (QED) is 0.840. The van der Waals surface area contributed by atoms with Crippen LogP contribution in [0.15, 0.2) is 30.5 Å². The van der Waals surface area contributed by atoms with E-state index in [1.165, 1.54) is 0 Å². The Hall–Kier alpha value is -1.80. The number of benzene rings is 1. The van der Waals surface area contributed by atoms with Crippen LogP contribution in [0.25, 0.3) is 11.4 Å². The molecule has 0 amide bonds. The standard InChI is InChI=1S/C17H20BF3N2O2/c1-15(2)16(3,4)25-18(24-15)9-11-5-7-12(8-6-11)14-22-10-13(23-14)17(19,20)21/h5-8,10H,9H2,1-4H3,(H,22,23). The Bertz CT molecular complexity index is 738. The summed E-state index contributed by atoms with van der Waals surface area (Å²) in [5.74, 6) is 0.189. The molecule has 0 saturated carbocycles. The summed E-state index contributed by atoms with van der Waals surface area (Å²) in [7, 11) is -0.351. The Morgan fingerprint density at radius 1 is 1.04 bits per heavy atom. The number of imidazole rings is 1. The van der Waals surface area contributed by atoms with Crippen molar-refractivity contribution in [1.82, 2.24) is 9.97 Å². The van der Waals surface area contributed by atoms with Crippen molar-refractivity contribution in [2.75, 3.05) is 0 Å². The number of alkyl halides is 3. The lowest BCUT2D eigenvalue weighted by atomic mass is 9.80. The first-order chi connectivity index (χ1) is 11.5. The predicted octanol–water partition coefficient (Wildman–Crippen LogP) is 4.27. The largest absolute Gasteiger partial charge is 0.462 e. The molecule has 1 aromatic heterocycles. The van der Waals surface area contributed by atoms with Gasteiger partial charge in [0.2, 0.25) is 0 Å². The number of nitrogens with one attached hydrogen (secondary N) is 1. The normalized spacial score (nSPS) is 19.4. The number of aromatic amines is 1. The van der Waals surface area contributed by atoms with E-state index in [1.54, 1.807) is 12.1 Å². The highest BCUT2D eigenvalue weighted by Crippen LogP contribution is 2.37. The molecule has 1 aliphatic heterocycles. The highest BCUT2D eigenvalue weighted by Gasteiger charge is 2.50. The van der Waals surface area contributed by atoms with Gasteiger partial charge in [-0.1, -0.05) is 24.3 Å². The Morgan fingerprint density at radius 2 is 1.60 bits per heavy atom. The van der Waals surface area contributed by atoms with Crippen molar-refractivity contribution in [2.24, 2.45) is 0 Å². The van der Waals surface area contributed by atoms with Crippen LogP contribution >= 0.6 is 0 Å². The number of nitrogens with zero attached hydrogens (tertiary/aromatic N) is 1. The Balaban J connectivity index is 1.70. The molecule has 0 radical (unpaired) electrons. The summed E-state index contributed by atoms with van der Waals surface area (Å²) in [4.78, 5) is 6.10. The summed E-state index contributed by atoms with van der Waals surface area (Å²) in [6, 6.07) is 7.16. The van der Waals surface area contributed by atoms with E-state index < -0.39 is 11.9 Å². The van der Waals surface area contributed by atoms with Crippen molar-refractivity contribution in [1.29, 1.82) is 0 Å². The van der Waals surface area contributed by atoms with Crippen LogP contribution in [0, 0.1) is 0 Å². The van der Waals surface area contributed by atoms with Gasteiger partial charge in [-0.15, -0.1) is 0 Å². The van der Waals surface area contributed by atoms with Gasteiger partial charge in [0, 0.05) is 11.9 Å². The van der Waals surface area contributed by atoms with Gasteiger partial charge in [-0.25, -0.2) is 4.98 Å². The molecule has 0 unspecified atom stereocenters. The van der Waals surface area contributed by atoms with Crippen molar-refractivity contribution in [3.8, 4) is 11.4 Å². The first kappa shape index (κ1) is 18.0. The monoisotopic (exact) mass is 352 g/mol. The zero-order chi connectivity index (χ0) is 18.5. The van der Waals surface area contributed by atoms with E-state index in [0.717, 1.165) is 11.8 Å². The summed E-state index contributed by atoms with van der Waals surface area (Å²) in [6.45, 7) is 7.97. The fraction of sp³-hybridized carbons (Fsp3) is 0.471. The molecule has 1 saturated heterocycles. The van der Waals surface area contributed by atoms with Crippen molar-refractivity contribution < 1.29 is 22.5 Å². The lowest BCUT2D eigenvalue weighted by Crippen LogP contribution is -2.41. The molecule has 25 heavy (non-hydrogen) atoms. The number of H-pyrrole nitrogens is 1. The Labute approximate surface area is 144 Å². The molecule has 1 aromatic carbocycles. The molecule has 1 N–H and O–H groups in total. The maximum Gasteiger partial charge on any atom is 0.462 e. The third kappa shape index (κ3) is 3.60. The minimum absolute atomic E-state index is 0.189. The van der Waals surface area contributed by atoms with E-state index in [2.05, 4.69) is 9.97 Å². The lowest BCUT2D eigenvalue weighted by Gasteiger charge is -2.32. The average molecular weight is 352 g/mol. The van der Waals surface area contributed by atoms with Gasteiger partial charge in [-0.2, -0.15) is 13.2 Å². The number of halogens is 3. The first-order valence-corrected chi connectivity index (χ1v) is 8.05. The van der Waals surface area contributed by atoms with Gasteiger partial charge in [-0.05, 0) is 33.3 Å². The maximum absolute atomic E-state index is 12.6. The van der Waals surface area contributed by atoms with E-state index in [9.17, 15) is 13.2 Å². The minimum atomic E-state index is -4.43. The molecule has 134 valence electrons. The van der Waals surface area contributed by atoms with E-state index in [1.807, 2.05) is 39.8 Å². The van der Waals surface area contributed by atoms with Crippen LogP contribution in [0.3, 0.4) is 0 Å². The van der Waals surface area contributed by atoms with E-state index in [-0.39, 0.29) is 24.1 Å². The molecule has 2 aromatic rings. The number of hydrogen-bond donors (Lipinski definition) is 1. The molecule has 4 nitrogen and oxygen atoms in total. The van der Waals surface area contributed by atoms with Gasteiger partial charge in [0.1, 0.15) is 11.5 Å². The second-order valence-electron chi connectivity index (χ2n) is 7.23. The highest BCUT2D eigenvalue weighted by atomic mass is 19.4. The summed E-state index contributed by atoms with van der Waals surface area (Å²) >= 11 is 0. The van der Waals surface area contributed by atoms with Gasteiger partial charge < -0.3 is 14.3 Å². The van der Waals surface area contributed by atoms with E-state index >= 15 is 0 Å². The third-order valence-corrected chi connectivity index (χ3v) is 4.81. The van der Waals surface area contributed by atoms with Gasteiger partial charge in [-0.3, -0.25) is 0 Å². The molecule has 0 spiro atoms. The van der Waals surface area contributed by atoms with Crippen molar-refractivity contribution in [3.63, 3.8) is 0 Å². The highest BCUT2D eigenvalue weighted by molar-refractivity contribution is 6.45. The summed E-state index contributed by atoms with van der Waals surface area (Å²) in [6.07, 6.45) is -3.06. The molecule has 0 atom stereocenters. The molecule has 2 heterocycles. The fourth-order valence-corrected chi connectivity index (χ4v) is 2.65. The smallest absolute Gasteiger partial charge is 0.403 e. The van der Waals surface area contributed by atoms with Gasteiger partial charge in [0.25, 0.3) is 0 Å². The van der Waals surface area contributed by atoms with Crippen LogP contribution in [0.4, 0.5) is 13.2 Å². The van der Waals surface area contributed by atoms with E-state index in [4.69, 9.17) is 9.31 Å². The zero-order valence-corrected chi connectivity index (χ0v) is 14.6. The van der Waals surface area contributed by atoms with Gasteiger partial charge in [0.05, 0.1) is 17.4 Å². The summed E-state index contributed by atoms with van der Waals surface area (Å²) in [5, 5.41) is 0. The molecular weight excluding hydrogens is 332 g/mol. The number of hydrogen-bond acceptors (Lipinski definition) is 3. The topological polar surface area (TPSA) is 47.1 Å². The van der Waals surface area contributed by atoms with Crippen molar-refractivity contribution >= 4 is 7.12 Å². The van der Waals surface area contributed by atoms with Crippen LogP contribution in [0.5, 0.6) is 0 Å². The number of rotatable bonds is 3. The number of aromatic nitrogens is 2. The van der Waals surface area contributed by atoms with Crippen molar-refractivity contribution in [2.45, 2.75) is 51.4 Å². The SMILES string of the molecule is CC1(C)OB(Cc2ccc(-c3ncc(C(F)(F)F)[nH]3)cc2)OC1(C)C. The van der Waals surface area contributed by atoms with Crippen LogP contribution in [-0.4, -0.2) is 28.3 Å². The Morgan fingerprint density at radius 3 is 2.08 bits per heavy atom. The summed E-state index contributed by atoms with van der Waals surface area (Å²) in [5.41, 5.74) is -0.0682. The zero-order valence-electron chi connectivity index (χ0n) is 14.6. The average Bonchev–Trinajstić information content (AvgIpc) is 3.03. The molecule has 8 heteroatoms. The maximum atomic E-state index is 12.6. The molecular formula is C17H20BF3N2O2. The van der Waals surface area contributed by atoms with Crippen LogP contribution in [-0.2, 0) is 21.8 Å². The first-order valence-electron chi connectivity index (χ1n) is 8.05. The van der Waals surface area contributed by atoms with Gasteiger partial charge in [0.15, 0.2) is 0 Å². The van der Waals surface area contributed by atoms with Crippen LogP contribution in [0.2, 0.25) is 0 Å². The second kappa shape index (κ2) is 5.88. The molecule has 0 aliphatic carbocycles. The van der Waals surface area contributed by atoms with Crippen molar-refractivity contribution in [3.05, 3.63) is 41.7 Å². The minimum Gasteiger partial charge on any atom is -0.403 e. The second-order valence-corrected chi connectivity index (χ2v) is 7.23.